The maximum absolute atomic E-state index is 13.4. The average molecular weight is 287 g/mol. The summed E-state index contributed by atoms with van der Waals surface area (Å²) in [6, 6.07) is 2.73. The van der Waals surface area contributed by atoms with Crippen molar-refractivity contribution in [2.75, 3.05) is 13.7 Å². The van der Waals surface area contributed by atoms with Crippen molar-refractivity contribution in [2.24, 2.45) is 0 Å². The lowest BCUT2D eigenvalue weighted by Gasteiger charge is -2.25. The van der Waals surface area contributed by atoms with Crippen LogP contribution < -0.4 is 5.32 Å². The molecule has 20 heavy (non-hydrogen) atoms. The maximum Gasteiger partial charge on any atom is 0.331 e. The van der Waals surface area contributed by atoms with Crippen LogP contribution in [0.3, 0.4) is 0 Å². The van der Waals surface area contributed by atoms with Crippen molar-refractivity contribution in [3.05, 3.63) is 35.4 Å². The van der Waals surface area contributed by atoms with E-state index in [1.165, 1.54) is 14.0 Å². The highest BCUT2D eigenvalue weighted by Crippen LogP contribution is 2.12. The molecule has 110 valence electrons. The number of rotatable bonds is 6. The number of ether oxygens (including phenoxy) is 1. The zero-order valence-corrected chi connectivity index (χ0v) is 11.1. The van der Waals surface area contributed by atoms with E-state index in [2.05, 4.69) is 5.32 Å². The van der Waals surface area contributed by atoms with E-state index in [9.17, 15) is 18.4 Å². The Morgan fingerprint density at radius 3 is 2.60 bits per heavy atom. The largest absolute Gasteiger partial charge is 0.479 e. The van der Waals surface area contributed by atoms with Gasteiger partial charge in [0.05, 0.1) is 13.0 Å². The second-order valence-electron chi connectivity index (χ2n) is 4.53. The third-order valence-corrected chi connectivity index (χ3v) is 2.68. The number of carboxylic acid groups (broad SMARTS) is 1. The van der Waals surface area contributed by atoms with Crippen molar-refractivity contribution in [1.82, 2.24) is 5.32 Å². The lowest BCUT2D eigenvalue weighted by molar-refractivity contribution is -0.149. The minimum atomic E-state index is -1.63. The van der Waals surface area contributed by atoms with Crippen LogP contribution in [0, 0.1) is 11.6 Å². The molecule has 0 saturated heterocycles. The molecule has 0 bridgehead atoms. The summed E-state index contributed by atoms with van der Waals surface area (Å²) in [6.45, 7) is 1.01. The third-order valence-electron chi connectivity index (χ3n) is 2.68. The molecule has 0 heterocycles. The van der Waals surface area contributed by atoms with Crippen LogP contribution in [0.2, 0.25) is 0 Å². The van der Waals surface area contributed by atoms with E-state index >= 15 is 0 Å². The lowest BCUT2D eigenvalue weighted by Crippen LogP contribution is -2.55. The van der Waals surface area contributed by atoms with E-state index < -0.39 is 35.5 Å². The van der Waals surface area contributed by atoms with Gasteiger partial charge < -0.3 is 15.2 Å². The lowest BCUT2D eigenvalue weighted by atomic mass is 10.0. The average Bonchev–Trinajstić information content (AvgIpc) is 2.33. The molecule has 7 heteroatoms. The summed E-state index contributed by atoms with van der Waals surface area (Å²) in [5, 5.41) is 11.3. The standard InChI is InChI=1S/C13H15F2NO4/c1-13(7-20-2,12(18)19)16-11(17)6-8-5-9(14)3-4-10(8)15/h3-5H,6-7H2,1-2H3,(H,16,17)(H,18,19). The third kappa shape index (κ3) is 3.99. The van der Waals surface area contributed by atoms with E-state index in [-0.39, 0.29) is 12.2 Å². The first kappa shape index (κ1) is 16.0. The number of carboxylic acids is 1. The highest BCUT2D eigenvalue weighted by atomic mass is 19.1. The van der Waals surface area contributed by atoms with Gasteiger partial charge in [0.25, 0.3) is 0 Å². The Balaban J connectivity index is 2.81. The number of hydrogen-bond acceptors (Lipinski definition) is 3. The summed E-state index contributed by atoms with van der Waals surface area (Å²) in [5.74, 6) is -3.43. The Hall–Kier alpha value is -2.02. The summed E-state index contributed by atoms with van der Waals surface area (Å²) in [4.78, 5) is 22.8. The Labute approximate surface area is 114 Å². The number of nitrogens with one attached hydrogen (secondary N) is 1. The molecular formula is C13H15F2NO4. The van der Waals surface area contributed by atoms with Crippen LogP contribution >= 0.6 is 0 Å². The molecule has 0 aromatic heterocycles. The fourth-order valence-corrected chi connectivity index (χ4v) is 1.64. The number of benzene rings is 1. The molecule has 0 saturated carbocycles. The highest BCUT2D eigenvalue weighted by Gasteiger charge is 2.35. The monoisotopic (exact) mass is 287 g/mol. The number of carbonyl (C=O) groups is 2. The number of carbonyl (C=O) groups excluding carboxylic acids is 1. The second-order valence-corrected chi connectivity index (χ2v) is 4.53. The fourth-order valence-electron chi connectivity index (χ4n) is 1.64. The van der Waals surface area contributed by atoms with Crippen molar-refractivity contribution in [1.29, 1.82) is 0 Å². The maximum atomic E-state index is 13.4. The summed E-state index contributed by atoms with van der Waals surface area (Å²) >= 11 is 0. The Morgan fingerprint density at radius 2 is 2.05 bits per heavy atom. The minimum absolute atomic E-state index is 0.146. The Bertz CT molecular complexity index is 521. The van der Waals surface area contributed by atoms with E-state index in [0.717, 1.165) is 18.2 Å². The molecule has 0 aliphatic carbocycles. The van der Waals surface area contributed by atoms with Crippen LogP contribution in [0.1, 0.15) is 12.5 Å². The molecule has 0 radical (unpaired) electrons. The molecule has 0 aliphatic rings. The first-order valence-electron chi connectivity index (χ1n) is 5.76. The van der Waals surface area contributed by atoms with Crippen molar-refractivity contribution in [2.45, 2.75) is 18.9 Å². The number of methoxy groups -OCH3 is 1. The fraction of sp³-hybridized carbons (Fsp3) is 0.385. The number of hydrogen-bond donors (Lipinski definition) is 2. The summed E-state index contributed by atoms with van der Waals surface area (Å²) in [6.07, 6.45) is -0.462. The van der Waals surface area contributed by atoms with Gasteiger partial charge in [0.1, 0.15) is 11.6 Å². The zero-order valence-electron chi connectivity index (χ0n) is 11.1. The van der Waals surface area contributed by atoms with Crippen molar-refractivity contribution in [3.8, 4) is 0 Å². The molecule has 0 aliphatic heterocycles. The predicted molar refractivity (Wildman–Crippen MR) is 66.1 cm³/mol. The molecule has 1 rings (SSSR count). The van der Waals surface area contributed by atoms with Crippen LogP contribution in [0.5, 0.6) is 0 Å². The van der Waals surface area contributed by atoms with E-state index in [4.69, 9.17) is 9.84 Å². The van der Waals surface area contributed by atoms with E-state index in [1.807, 2.05) is 0 Å². The normalized spacial score (nSPS) is 13.6. The van der Waals surface area contributed by atoms with Crippen LogP contribution in [0.15, 0.2) is 18.2 Å². The van der Waals surface area contributed by atoms with Crippen molar-refractivity contribution in [3.63, 3.8) is 0 Å². The molecule has 1 aromatic rings. The molecule has 1 unspecified atom stereocenters. The van der Waals surface area contributed by atoms with Crippen molar-refractivity contribution < 1.29 is 28.2 Å². The van der Waals surface area contributed by atoms with Gasteiger partial charge in [0, 0.05) is 12.7 Å². The predicted octanol–water partition coefficient (Wildman–Crippen LogP) is 1.11. The van der Waals surface area contributed by atoms with Gasteiger partial charge in [-0.2, -0.15) is 0 Å². The number of halogens is 2. The topological polar surface area (TPSA) is 75.6 Å². The molecule has 1 aromatic carbocycles. The first-order chi connectivity index (χ1) is 9.28. The second kappa shape index (κ2) is 6.42. The zero-order chi connectivity index (χ0) is 15.3. The number of aliphatic carboxylic acids is 1. The minimum Gasteiger partial charge on any atom is -0.479 e. The van der Waals surface area contributed by atoms with Crippen LogP contribution in [-0.4, -0.2) is 36.2 Å². The van der Waals surface area contributed by atoms with Gasteiger partial charge in [0.2, 0.25) is 5.91 Å². The molecule has 2 N–H and O–H groups in total. The Kier molecular flexibility index (Phi) is 5.15. The Morgan fingerprint density at radius 1 is 1.40 bits per heavy atom. The molecule has 1 atom stereocenters. The van der Waals surface area contributed by atoms with Gasteiger partial charge in [0.15, 0.2) is 5.54 Å². The van der Waals surface area contributed by atoms with Gasteiger partial charge in [-0.25, -0.2) is 13.6 Å². The molecule has 5 nitrogen and oxygen atoms in total. The SMILES string of the molecule is COCC(C)(NC(=O)Cc1cc(F)ccc1F)C(=O)O. The van der Waals surface area contributed by atoms with Gasteiger partial charge >= 0.3 is 5.97 Å². The van der Waals surface area contributed by atoms with E-state index in [1.54, 1.807) is 0 Å². The quantitative estimate of drug-likeness (QED) is 0.822. The molecule has 0 spiro atoms. The molecule has 1 amide bonds. The highest BCUT2D eigenvalue weighted by molar-refractivity contribution is 5.87. The van der Waals surface area contributed by atoms with Crippen LogP contribution in [0.4, 0.5) is 8.78 Å². The summed E-state index contributed by atoms with van der Waals surface area (Å²) < 4.78 is 31.1. The van der Waals surface area contributed by atoms with Crippen LogP contribution in [0.25, 0.3) is 0 Å². The van der Waals surface area contributed by atoms with E-state index in [0.29, 0.717) is 0 Å². The van der Waals surface area contributed by atoms with Crippen molar-refractivity contribution >= 4 is 11.9 Å². The van der Waals surface area contributed by atoms with Crippen LogP contribution in [-0.2, 0) is 20.7 Å². The van der Waals surface area contributed by atoms with Gasteiger partial charge in [-0.15, -0.1) is 0 Å². The molecular weight excluding hydrogens is 272 g/mol. The summed E-state index contributed by atoms with van der Waals surface area (Å²) in [7, 11) is 1.29. The summed E-state index contributed by atoms with van der Waals surface area (Å²) in [5.41, 5.74) is -1.78. The molecule has 0 fully saturated rings. The van der Waals surface area contributed by atoms with Gasteiger partial charge in [-0.3, -0.25) is 4.79 Å². The number of amides is 1. The first-order valence-corrected chi connectivity index (χ1v) is 5.76. The van der Waals surface area contributed by atoms with Gasteiger partial charge in [-0.1, -0.05) is 0 Å². The smallest absolute Gasteiger partial charge is 0.331 e. The van der Waals surface area contributed by atoms with Gasteiger partial charge in [-0.05, 0) is 25.1 Å².